The van der Waals surface area contributed by atoms with Gasteiger partial charge in [-0.15, -0.1) is 0 Å². The van der Waals surface area contributed by atoms with E-state index in [9.17, 15) is 18.0 Å². The summed E-state index contributed by atoms with van der Waals surface area (Å²) >= 11 is 0. The van der Waals surface area contributed by atoms with Gasteiger partial charge in [-0.1, -0.05) is 6.58 Å². The molecule has 4 unspecified atom stereocenters. The van der Waals surface area contributed by atoms with Crippen molar-refractivity contribution in [2.75, 3.05) is 20.3 Å². The maximum Gasteiger partial charge on any atom is 0.407 e. The summed E-state index contributed by atoms with van der Waals surface area (Å²) in [6.45, 7) is 4.97. The number of hydrogen-bond donors (Lipinski definition) is 1. The van der Waals surface area contributed by atoms with Crippen LogP contribution in [-0.2, 0) is 33.3 Å². The van der Waals surface area contributed by atoms with Crippen LogP contribution in [0.1, 0.15) is 19.8 Å². The van der Waals surface area contributed by atoms with Gasteiger partial charge in [0.05, 0.1) is 17.9 Å². The molecule has 2 bridgehead atoms. The topological polar surface area (TPSA) is 117 Å². The molecule has 1 N–H and O–H groups in total. The summed E-state index contributed by atoms with van der Waals surface area (Å²) in [5.74, 6) is -0.549. The molecule has 0 radical (unpaired) electrons. The molecule has 1 amide bonds. The van der Waals surface area contributed by atoms with Gasteiger partial charge in [0.1, 0.15) is 12.7 Å². The van der Waals surface area contributed by atoms with Crippen LogP contribution in [0.3, 0.4) is 0 Å². The van der Waals surface area contributed by atoms with Gasteiger partial charge in [0.2, 0.25) is 0 Å². The van der Waals surface area contributed by atoms with Crippen molar-refractivity contribution in [3.05, 3.63) is 12.2 Å². The van der Waals surface area contributed by atoms with Crippen molar-refractivity contribution in [2.45, 2.75) is 43.3 Å². The van der Waals surface area contributed by atoms with Crippen LogP contribution in [0.25, 0.3) is 0 Å². The third-order valence-electron chi connectivity index (χ3n) is 3.89. The molecule has 1 heterocycles. The minimum absolute atomic E-state index is 0.0322. The Bertz CT molecular complexity index is 616. The SMILES string of the molecule is C=C(C)C(=O)OCCNC(=O)OC1C(OC)CC2CC1OS2(=O)=O. The number of esters is 1. The third kappa shape index (κ3) is 4.25. The predicted molar refractivity (Wildman–Crippen MR) is 81.7 cm³/mol. The summed E-state index contributed by atoms with van der Waals surface area (Å²) in [5.41, 5.74) is 0.261. The quantitative estimate of drug-likeness (QED) is 0.306. The molecular weight excluding hydrogens is 342 g/mol. The zero-order chi connectivity index (χ0) is 17.9. The van der Waals surface area contributed by atoms with E-state index in [4.69, 9.17) is 18.4 Å². The summed E-state index contributed by atoms with van der Waals surface area (Å²) in [4.78, 5) is 23.0. The van der Waals surface area contributed by atoms with Crippen molar-refractivity contribution < 1.29 is 36.4 Å². The second-order valence-corrected chi connectivity index (χ2v) is 7.55. The lowest BCUT2D eigenvalue weighted by Crippen LogP contribution is -2.48. The number of carbonyl (C=O) groups excluding carboxylic acids is 2. The number of amides is 1. The number of hydrogen-bond acceptors (Lipinski definition) is 8. The fraction of sp³-hybridized carbons (Fsp3) is 0.714. The van der Waals surface area contributed by atoms with Crippen molar-refractivity contribution in [3.8, 4) is 0 Å². The highest BCUT2D eigenvalue weighted by molar-refractivity contribution is 7.87. The minimum Gasteiger partial charge on any atom is -0.460 e. The molecule has 0 aromatic heterocycles. The van der Waals surface area contributed by atoms with E-state index in [-0.39, 0.29) is 31.6 Å². The number of nitrogens with one attached hydrogen (secondary N) is 1. The first-order chi connectivity index (χ1) is 11.2. The predicted octanol–water partition coefficient (Wildman–Crippen LogP) is 0.107. The van der Waals surface area contributed by atoms with Crippen LogP contribution >= 0.6 is 0 Å². The molecule has 136 valence electrons. The molecule has 0 spiro atoms. The van der Waals surface area contributed by atoms with E-state index in [2.05, 4.69) is 11.9 Å². The summed E-state index contributed by atoms with van der Waals surface area (Å²) in [7, 11) is -2.21. The Hall–Kier alpha value is -1.65. The molecule has 0 aromatic rings. The fourth-order valence-electron chi connectivity index (χ4n) is 2.67. The Labute approximate surface area is 140 Å². The number of rotatable bonds is 6. The van der Waals surface area contributed by atoms with Gasteiger partial charge in [-0.3, -0.25) is 4.18 Å². The molecule has 1 aliphatic heterocycles. The second-order valence-electron chi connectivity index (χ2n) is 5.71. The van der Waals surface area contributed by atoms with E-state index >= 15 is 0 Å². The summed E-state index contributed by atoms with van der Waals surface area (Å²) in [5, 5.41) is 1.79. The van der Waals surface area contributed by atoms with Gasteiger partial charge >= 0.3 is 12.1 Å². The lowest BCUT2D eigenvalue weighted by molar-refractivity contribution is -0.138. The van der Waals surface area contributed by atoms with Gasteiger partial charge in [-0.25, -0.2) is 9.59 Å². The fourth-order valence-corrected chi connectivity index (χ4v) is 4.21. The summed E-state index contributed by atoms with van der Waals surface area (Å²) in [6, 6.07) is 0. The van der Waals surface area contributed by atoms with Gasteiger partial charge < -0.3 is 19.5 Å². The van der Waals surface area contributed by atoms with Gasteiger partial charge in [0.15, 0.2) is 6.10 Å². The van der Waals surface area contributed by atoms with Crippen molar-refractivity contribution in [1.82, 2.24) is 5.32 Å². The standard InChI is InChI=1S/C14H21NO8S/c1-8(2)13(16)21-5-4-15-14(17)22-12-10(20-3)6-9-7-11(12)23-24(9,18)19/h9-12H,1,4-7H2,2-3H3,(H,15,17). The van der Waals surface area contributed by atoms with E-state index < -0.39 is 45.7 Å². The first kappa shape index (κ1) is 18.7. The lowest BCUT2D eigenvalue weighted by Gasteiger charge is -2.32. The number of ether oxygens (including phenoxy) is 3. The molecule has 1 aliphatic carbocycles. The van der Waals surface area contributed by atoms with E-state index in [0.717, 1.165) is 0 Å². The number of carbonyl (C=O) groups is 2. The van der Waals surface area contributed by atoms with Crippen LogP contribution in [0.2, 0.25) is 0 Å². The van der Waals surface area contributed by atoms with E-state index in [1.807, 2.05) is 0 Å². The maximum absolute atomic E-state index is 11.8. The normalized spacial score (nSPS) is 30.4. The number of methoxy groups -OCH3 is 1. The number of fused-ring (bicyclic) bond motifs is 2. The molecule has 9 nitrogen and oxygen atoms in total. The van der Waals surface area contributed by atoms with Crippen molar-refractivity contribution in [2.24, 2.45) is 0 Å². The Morgan fingerprint density at radius 1 is 1.33 bits per heavy atom. The van der Waals surface area contributed by atoms with Crippen molar-refractivity contribution in [1.29, 1.82) is 0 Å². The first-order valence-electron chi connectivity index (χ1n) is 7.46. The van der Waals surface area contributed by atoms with Crippen LogP contribution in [0, 0.1) is 0 Å². The molecule has 2 rings (SSSR count). The highest BCUT2D eigenvalue weighted by Crippen LogP contribution is 2.38. The highest BCUT2D eigenvalue weighted by Gasteiger charge is 2.53. The minimum atomic E-state index is -3.63. The summed E-state index contributed by atoms with van der Waals surface area (Å²) < 4.78 is 43.9. The maximum atomic E-state index is 11.8. The smallest absolute Gasteiger partial charge is 0.407 e. The molecular formula is C14H21NO8S. The van der Waals surface area contributed by atoms with E-state index in [1.54, 1.807) is 0 Å². The van der Waals surface area contributed by atoms with Crippen molar-refractivity contribution >= 4 is 22.2 Å². The molecule has 2 fully saturated rings. The zero-order valence-electron chi connectivity index (χ0n) is 13.5. The van der Waals surface area contributed by atoms with Gasteiger partial charge in [0.25, 0.3) is 10.1 Å². The Balaban J connectivity index is 1.82. The summed E-state index contributed by atoms with van der Waals surface area (Å²) in [6.07, 6.45) is -2.40. The monoisotopic (exact) mass is 363 g/mol. The van der Waals surface area contributed by atoms with Crippen LogP contribution in [0.5, 0.6) is 0 Å². The molecule has 1 saturated carbocycles. The molecule has 24 heavy (non-hydrogen) atoms. The highest BCUT2D eigenvalue weighted by atomic mass is 32.2. The second kappa shape index (κ2) is 7.49. The largest absolute Gasteiger partial charge is 0.460 e. The zero-order valence-corrected chi connectivity index (χ0v) is 14.3. The van der Waals surface area contributed by atoms with Gasteiger partial charge in [-0.2, -0.15) is 8.42 Å². The average Bonchev–Trinajstić information content (AvgIpc) is 2.76. The molecule has 4 atom stereocenters. The molecule has 2 aliphatic rings. The van der Waals surface area contributed by atoms with Crippen LogP contribution in [-0.4, -0.2) is 64.3 Å². The Kier molecular flexibility index (Phi) is 5.83. The molecule has 10 heteroatoms. The van der Waals surface area contributed by atoms with E-state index in [1.165, 1.54) is 14.0 Å². The van der Waals surface area contributed by atoms with E-state index in [0.29, 0.717) is 0 Å². The first-order valence-corrected chi connectivity index (χ1v) is 8.93. The average molecular weight is 363 g/mol. The Morgan fingerprint density at radius 2 is 2.04 bits per heavy atom. The lowest BCUT2D eigenvalue weighted by atomic mass is 9.91. The van der Waals surface area contributed by atoms with Crippen LogP contribution in [0.4, 0.5) is 4.79 Å². The van der Waals surface area contributed by atoms with Crippen LogP contribution in [0.15, 0.2) is 12.2 Å². The van der Waals surface area contributed by atoms with Gasteiger partial charge in [0, 0.05) is 12.7 Å². The Morgan fingerprint density at radius 3 is 2.67 bits per heavy atom. The van der Waals surface area contributed by atoms with Gasteiger partial charge in [-0.05, 0) is 19.8 Å². The van der Waals surface area contributed by atoms with Crippen LogP contribution < -0.4 is 5.32 Å². The number of alkyl carbamates (subject to hydrolysis) is 1. The third-order valence-corrected chi connectivity index (χ3v) is 5.60. The molecule has 1 saturated heterocycles. The molecule has 0 aromatic carbocycles. The van der Waals surface area contributed by atoms with Crippen molar-refractivity contribution in [3.63, 3.8) is 0 Å².